The lowest BCUT2D eigenvalue weighted by Gasteiger charge is -2.25. The lowest BCUT2D eigenvalue weighted by molar-refractivity contribution is 0.220. The van der Waals surface area contributed by atoms with E-state index in [1.54, 1.807) is 11.3 Å². The molecule has 1 heterocycles. The van der Waals surface area contributed by atoms with Crippen LogP contribution in [0.4, 0.5) is 0 Å². The number of hydrogen-bond donors (Lipinski definition) is 0. The van der Waals surface area contributed by atoms with Crippen LogP contribution in [-0.2, 0) is 12.4 Å². The Morgan fingerprint density at radius 2 is 2.13 bits per heavy atom. The van der Waals surface area contributed by atoms with Crippen molar-refractivity contribution in [1.82, 2.24) is 9.88 Å². The number of rotatable bonds is 4. The van der Waals surface area contributed by atoms with Gasteiger partial charge in [-0.3, -0.25) is 4.90 Å². The van der Waals surface area contributed by atoms with Crippen molar-refractivity contribution in [3.63, 3.8) is 0 Å². The third kappa shape index (κ3) is 4.96. The zero-order valence-electron chi connectivity index (χ0n) is 9.88. The van der Waals surface area contributed by atoms with Crippen molar-refractivity contribution in [2.75, 3.05) is 13.6 Å². The molecule has 1 rings (SSSR count). The molecule has 86 valence electrons. The van der Waals surface area contributed by atoms with Crippen molar-refractivity contribution in [3.8, 4) is 0 Å². The number of nitrogens with zero attached hydrogens (tertiary/aromatic N) is 2. The fourth-order valence-electron chi connectivity index (χ4n) is 1.58. The first-order chi connectivity index (χ1) is 6.90. The minimum atomic E-state index is 0.335. The standard InChI is InChI=1S/C11H19ClN2S/c1-11(2,3)8-14(4)6-10-13-9(5-12)7-15-10/h7H,5-6,8H2,1-4H3. The number of thiazole rings is 1. The second-order valence-electron chi connectivity index (χ2n) is 5.10. The Labute approximate surface area is 101 Å². The van der Waals surface area contributed by atoms with Gasteiger partial charge < -0.3 is 0 Å². The Kier molecular flexibility index (Phi) is 4.56. The second kappa shape index (κ2) is 5.28. The van der Waals surface area contributed by atoms with E-state index in [0.29, 0.717) is 11.3 Å². The summed E-state index contributed by atoms with van der Waals surface area (Å²) in [5.74, 6) is 0.513. The normalized spacial score (nSPS) is 12.4. The Hall–Kier alpha value is -0.120. The first-order valence-electron chi connectivity index (χ1n) is 5.08. The molecule has 0 saturated heterocycles. The van der Waals surface area contributed by atoms with Crippen molar-refractivity contribution in [1.29, 1.82) is 0 Å². The molecule has 4 heteroatoms. The van der Waals surface area contributed by atoms with Crippen LogP contribution in [0.2, 0.25) is 0 Å². The summed E-state index contributed by atoms with van der Waals surface area (Å²) in [6.45, 7) is 8.72. The van der Waals surface area contributed by atoms with Gasteiger partial charge in [0.05, 0.1) is 18.1 Å². The maximum absolute atomic E-state index is 5.71. The summed E-state index contributed by atoms with van der Waals surface area (Å²) in [6, 6.07) is 0. The lowest BCUT2D eigenvalue weighted by atomic mass is 9.96. The molecule has 0 fully saturated rings. The highest BCUT2D eigenvalue weighted by atomic mass is 35.5. The Morgan fingerprint density at radius 3 is 2.60 bits per heavy atom. The summed E-state index contributed by atoms with van der Waals surface area (Å²) >= 11 is 7.41. The van der Waals surface area contributed by atoms with E-state index < -0.39 is 0 Å². The summed E-state index contributed by atoms with van der Waals surface area (Å²) in [5, 5.41) is 3.19. The van der Waals surface area contributed by atoms with Crippen LogP contribution in [-0.4, -0.2) is 23.5 Å². The molecule has 1 aromatic heterocycles. The van der Waals surface area contributed by atoms with Crippen LogP contribution in [0.5, 0.6) is 0 Å². The molecule has 15 heavy (non-hydrogen) atoms. The van der Waals surface area contributed by atoms with E-state index in [4.69, 9.17) is 11.6 Å². The highest BCUT2D eigenvalue weighted by Gasteiger charge is 2.14. The van der Waals surface area contributed by atoms with Gasteiger partial charge in [-0.2, -0.15) is 0 Å². The molecule has 0 spiro atoms. The first kappa shape index (κ1) is 12.9. The van der Waals surface area contributed by atoms with Crippen LogP contribution in [0.3, 0.4) is 0 Å². The second-order valence-corrected chi connectivity index (χ2v) is 6.31. The molecular formula is C11H19ClN2S. The molecule has 0 radical (unpaired) electrons. The highest BCUT2D eigenvalue weighted by Crippen LogP contribution is 2.18. The lowest BCUT2D eigenvalue weighted by Crippen LogP contribution is -2.28. The van der Waals surface area contributed by atoms with Gasteiger partial charge in [-0.15, -0.1) is 22.9 Å². The number of aromatic nitrogens is 1. The van der Waals surface area contributed by atoms with Crippen LogP contribution in [0.15, 0.2) is 5.38 Å². The highest BCUT2D eigenvalue weighted by molar-refractivity contribution is 7.09. The first-order valence-corrected chi connectivity index (χ1v) is 6.50. The molecule has 0 aliphatic carbocycles. The molecule has 0 N–H and O–H groups in total. The molecule has 0 unspecified atom stereocenters. The van der Waals surface area contributed by atoms with Crippen LogP contribution in [0.1, 0.15) is 31.5 Å². The molecule has 0 aliphatic rings. The topological polar surface area (TPSA) is 16.1 Å². The fraction of sp³-hybridized carbons (Fsp3) is 0.727. The van der Waals surface area contributed by atoms with E-state index in [9.17, 15) is 0 Å². The monoisotopic (exact) mass is 246 g/mol. The van der Waals surface area contributed by atoms with Gasteiger partial charge in [0.2, 0.25) is 0 Å². The molecule has 0 aromatic carbocycles. The molecule has 0 bridgehead atoms. The summed E-state index contributed by atoms with van der Waals surface area (Å²) in [4.78, 5) is 6.75. The van der Waals surface area contributed by atoms with Gasteiger partial charge in [0.15, 0.2) is 0 Å². The van der Waals surface area contributed by atoms with Crippen LogP contribution >= 0.6 is 22.9 Å². The molecule has 2 nitrogen and oxygen atoms in total. The van der Waals surface area contributed by atoms with Gasteiger partial charge in [0.1, 0.15) is 5.01 Å². The smallest absolute Gasteiger partial charge is 0.107 e. The zero-order chi connectivity index (χ0) is 11.5. The minimum Gasteiger partial charge on any atom is -0.299 e. The largest absolute Gasteiger partial charge is 0.299 e. The van der Waals surface area contributed by atoms with Crippen molar-refractivity contribution in [2.24, 2.45) is 5.41 Å². The third-order valence-corrected chi connectivity index (χ3v) is 3.04. The van der Waals surface area contributed by atoms with Crippen LogP contribution in [0, 0.1) is 5.41 Å². The van der Waals surface area contributed by atoms with E-state index in [0.717, 1.165) is 23.8 Å². The van der Waals surface area contributed by atoms with E-state index in [1.807, 2.05) is 5.38 Å². The van der Waals surface area contributed by atoms with Gasteiger partial charge >= 0.3 is 0 Å². The number of halogens is 1. The average molecular weight is 247 g/mol. The van der Waals surface area contributed by atoms with Gasteiger partial charge in [0, 0.05) is 11.9 Å². The van der Waals surface area contributed by atoms with Crippen LogP contribution in [0.25, 0.3) is 0 Å². The SMILES string of the molecule is CN(Cc1nc(CCl)cs1)CC(C)(C)C. The van der Waals surface area contributed by atoms with Gasteiger partial charge in [-0.1, -0.05) is 20.8 Å². The molecule has 0 aliphatic heterocycles. The maximum atomic E-state index is 5.71. The predicted molar refractivity (Wildman–Crippen MR) is 67.5 cm³/mol. The van der Waals surface area contributed by atoms with Gasteiger partial charge in [0.25, 0.3) is 0 Å². The summed E-state index contributed by atoms with van der Waals surface area (Å²) in [5.41, 5.74) is 1.32. The summed E-state index contributed by atoms with van der Waals surface area (Å²) in [6.07, 6.45) is 0. The van der Waals surface area contributed by atoms with Crippen molar-refractivity contribution < 1.29 is 0 Å². The fourth-order valence-corrected chi connectivity index (χ4v) is 2.68. The number of hydrogen-bond acceptors (Lipinski definition) is 3. The Balaban J connectivity index is 2.47. The maximum Gasteiger partial charge on any atom is 0.107 e. The minimum absolute atomic E-state index is 0.335. The van der Waals surface area contributed by atoms with E-state index in [1.165, 1.54) is 0 Å². The van der Waals surface area contributed by atoms with Crippen LogP contribution < -0.4 is 0 Å². The molecule has 1 aromatic rings. The van der Waals surface area contributed by atoms with Crippen molar-refractivity contribution >= 4 is 22.9 Å². The summed E-state index contributed by atoms with van der Waals surface area (Å²) < 4.78 is 0. The van der Waals surface area contributed by atoms with Crippen molar-refractivity contribution in [3.05, 3.63) is 16.1 Å². The van der Waals surface area contributed by atoms with E-state index in [-0.39, 0.29) is 0 Å². The molecule has 0 atom stereocenters. The predicted octanol–water partition coefficient (Wildman–Crippen LogP) is 3.36. The van der Waals surface area contributed by atoms with Crippen molar-refractivity contribution in [2.45, 2.75) is 33.2 Å². The Bertz CT molecular complexity index is 304. The van der Waals surface area contributed by atoms with E-state index in [2.05, 4.69) is 37.7 Å². The third-order valence-electron chi connectivity index (χ3n) is 1.89. The number of alkyl halides is 1. The molecular weight excluding hydrogens is 228 g/mol. The van der Waals surface area contributed by atoms with Gasteiger partial charge in [-0.05, 0) is 12.5 Å². The Morgan fingerprint density at radius 1 is 1.47 bits per heavy atom. The zero-order valence-corrected chi connectivity index (χ0v) is 11.5. The average Bonchev–Trinajstić information content (AvgIpc) is 2.48. The van der Waals surface area contributed by atoms with Gasteiger partial charge in [-0.25, -0.2) is 4.98 Å². The quantitative estimate of drug-likeness (QED) is 0.758. The molecule has 0 amide bonds. The van der Waals surface area contributed by atoms with E-state index >= 15 is 0 Å². The summed E-state index contributed by atoms with van der Waals surface area (Å²) in [7, 11) is 2.13. The molecule has 0 saturated carbocycles.